The van der Waals surface area contributed by atoms with Gasteiger partial charge < -0.3 is 15.8 Å². The van der Waals surface area contributed by atoms with Gasteiger partial charge in [0.2, 0.25) is 11.8 Å². The summed E-state index contributed by atoms with van der Waals surface area (Å²) >= 11 is 0. The maximum Gasteiger partial charge on any atom is 0.232 e. The number of benzene rings is 1. The van der Waals surface area contributed by atoms with Crippen LogP contribution in [-0.2, 0) is 9.59 Å². The van der Waals surface area contributed by atoms with Gasteiger partial charge in [-0.1, -0.05) is 6.92 Å². The van der Waals surface area contributed by atoms with Gasteiger partial charge in [0.15, 0.2) is 5.96 Å². The average molecular weight is 526 g/mol. The molecule has 1 fully saturated rings. The summed E-state index contributed by atoms with van der Waals surface area (Å²) in [6, 6.07) is 4.47. The highest BCUT2D eigenvalue weighted by Crippen LogP contribution is 2.52. The van der Waals surface area contributed by atoms with Crippen molar-refractivity contribution in [2.75, 3.05) is 0 Å². The number of rotatable bonds is 6. The van der Waals surface area contributed by atoms with Crippen molar-refractivity contribution < 1.29 is 23.1 Å². The molecule has 38 heavy (non-hydrogen) atoms. The zero-order valence-corrected chi connectivity index (χ0v) is 22.0. The third-order valence-corrected chi connectivity index (χ3v) is 7.87. The molecule has 1 aromatic heterocycles. The van der Waals surface area contributed by atoms with Gasteiger partial charge in [-0.3, -0.25) is 19.5 Å². The molecule has 2 aromatic rings. The van der Waals surface area contributed by atoms with Crippen molar-refractivity contribution in [1.29, 1.82) is 0 Å². The molecule has 8 nitrogen and oxygen atoms in total. The highest BCUT2D eigenvalue weighted by Gasteiger charge is 2.53. The Hall–Kier alpha value is -3.56. The van der Waals surface area contributed by atoms with Gasteiger partial charge in [-0.25, -0.2) is 13.8 Å². The molecular weight excluding hydrogens is 492 g/mol. The third-order valence-electron chi connectivity index (χ3n) is 7.87. The zero-order valence-electron chi connectivity index (χ0n) is 22.0. The van der Waals surface area contributed by atoms with Crippen molar-refractivity contribution in [2.45, 2.75) is 76.6 Å². The van der Waals surface area contributed by atoms with Crippen molar-refractivity contribution in [1.82, 2.24) is 15.2 Å². The van der Waals surface area contributed by atoms with E-state index in [0.717, 1.165) is 6.20 Å². The number of aliphatic imine (C=N–C) groups is 1. The van der Waals surface area contributed by atoms with Crippen molar-refractivity contribution >= 4 is 17.8 Å². The molecule has 1 aliphatic carbocycles. The molecule has 2 amide bonds. The highest BCUT2D eigenvalue weighted by molar-refractivity contribution is 5.99. The lowest BCUT2D eigenvalue weighted by Crippen LogP contribution is -2.52. The fraction of sp³-hybridized carbons (Fsp3) is 0.500. The quantitative estimate of drug-likeness (QED) is 0.588. The van der Waals surface area contributed by atoms with E-state index < -0.39 is 40.8 Å². The van der Waals surface area contributed by atoms with Crippen LogP contribution in [0.1, 0.15) is 76.6 Å². The van der Waals surface area contributed by atoms with E-state index >= 15 is 0 Å². The predicted octanol–water partition coefficient (Wildman–Crippen LogP) is 4.17. The van der Waals surface area contributed by atoms with Crippen LogP contribution in [0.5, 0.6) is 5.75 Å². The molecule has 10 heteroatoms. The number of pyridine rings is 1. The number of hydrogen-bond donors (Lipinski definition) is 2. The second kappa shape index (κ2) is 9.32. The summed E-state index contributed by atoms with van der Waals surface area (Å²) in [6.07, 6.45) is 4.31. The molecule has 0 radical (unpaired) electrons. The Morgan fingerprint density at radius 1 is 1.24 bits per heavy atom. The first kappa shape index (κ1) is 26.1. The lowest BCUT2D eigenvalue weighted by atomic mass is 9.89. The Morgan fingerprint density at radius 3 is 2.68 bits per heavy atom. The number of aromatic nitrogens is 1. The van der Waals surface area contributed by atoms with Crippen LogP contribution in [0, 0.1) is 23.5 Å². The minimum Gasteiger partial charge on any atom is -0.487 e. The van der Waals surface area contributed by atoms with Crippen LogP contribution in [0.3, 0.4) is 0 Å². The monoisotopic (exact) mass is 525 g/mol. The SMILES string of the molecule is CC[C@]1(C)CC(=O)N(C(c2cncc(F)c2)[C@@H]2C[C@H]2C(=O)N[C@H]2CC(C)(C)Oc3ccc(F)cc32)C(N)=N1. The van der Waals surface area contributed by atoms with Gasteiger partial charge in [-0.15, -0.1) is 0 Å². The Morgan fingerprint density at radius 2 is 2.00 bits per heavy atom. The summed E-state index contributed by atoms with van der Waals surface area (Å²) in [6.45, 7) is 7.65. The molecule has 1 unspecified atom stereocenters. The molecule has 3 heterocycles. The number of hydrogen-bond acceptors (Lipinski definition) is 6. The molecule has 0 saturated heterocycles. The lowest BCUT2D eigenvalue weighted by Gasteiger charge is -2.39. The highest BCUT2D eigenvalue weighted by atomic mass is 19.1. The van der Waals surface area contributed by atoms with E-state index in [1.54, 1.807) is 6.07 Å². The first-order chi connectivity index (χ1) is 17.9. The largest absolute Gasteiger partial charge is 0.487 e. The standard InChI is InChI=1S/C28H33F2N5O3/c1-5-28(4)12-23(36)35(26(31)34-28)24(15-8-17(30)14-32-13-15)18-10-19(18)25(37)33-21-11-27(2,3)38-22-7-6-16(29)9-20(21)22/h6-9,13-14,18-19,21,24H,5,10-12H2,1-4H3,(H2,31,34)(H,33,37)/t18-,19-,21+,24?,28-/m1/s1. The molecule has 2 aliphatic heterocycles. The van der Waals surface area contributed by atoms with Crippen LogP contribution in [0.15, 0.2) is 41.7 Å². The van der Waals surface area contributed by atoms with Gasteiger partial charge in [-0.2, -0.15) is 0 Å². The maximum atomic E-state index is 14.2. The van der Waals surface area contributed by atoms with E-state index in [1.807, 2.05) is 27.7 Å². The fourth-order valence-electron chi connectivity index (χ4n) is 5.69. The molecule has 1 saturated carbocycles. The lowest BCUT2D eigenvalue weighted by molar-refractivity contribution is -0.132. The Balaban J connectivity index is 1.42. The molecule has 5 atom stereocenters. The predicted molar refractivity (Wildman–Crippen MR) is 137 cm³/mol. The van der Waals surface area contributed by atoms with E-state index in [4.69, 9.17) is 10.5 Å². The molecular formula is C28H33F2N5O3. The van der Waals surface area contributed by atoms with E-state index in [-0.39, 0.29) is 30.1 Å². The number of carbonyl (C=O) groups excluding carboxylic acids is 2. The number of halogens is 2. The number of carbonyl (C=O) groups is 2. The number of guanidine groups is 1. The van der Waals surface area contributed by atoms with Crippen molar-refractivity contribution in [2.24, 2.45) is 22.6 Å². The number of nitrogens with two attached hydrogens (primary N) is 1. The molecule has 0 bridgehead atoms. The van der Waals surface area contributed by atoms with Crippen molar-refractivity contribution in [3.63, 3.8) is 0 Å². The molecule has 3 aliphatic rings. The molecule has 3 N–H and O–H groups in total. The fourth-order valence-corrected chi connectivity index (χ4v) is 5.69. The van der Waals surface area contributed by atoms with Gasteiger partial charge in [0.1, 0.15) is 23.0 Å². The van der Waals surface area contributed by atoms with E-state index in [9.17, 15) is 18.4 Å². The Bertz CT molecular complexity index is 1320. The second-order valence-corrected chi connectivity index (χ2v) is 11.5. The first-order valence-corrected chi connectivity index (χ1v) is 13.0. The minimum absolute atomic E-state index is 0.0569. The van der Waals surface area contributed by atoms with Gasteiger partial charge >= 0.3 is 0 Å². The van der Waals surface area contributed by atoms with E-state index in [1.165, 1.54) is 29.3 Å². The average Bonchev–Trinajstić information content (AvgIpc) is 3.62. The van der Waals surface area contributed by atoms with Crippen LogP contribution >= 0.6 is 0 Å². The van der Waals surface area contributed by atoms with Crippen LogP contribution in [0.2, 0.25) is 0 Å². The van der Waals surface area contributed by atoms with Gasteiger partial charge in [0.05, 0.1) is 30.2 Å². The number of nitrogens with zero attached hydrogens (tertiary/aromatic N) is 3. The van der Waals surface area contributed by atoms with Gasteiger partial charge in [0, 0.05) is 24.1 Å². The molecule has 0 spiro atoms. The Labute approximate surface area is 220 Å². The van der Waals surface area contributed by atoms with Crippen LogP contribution in [0.25, 0.3) is 0 Å². The number of nitrogens with one attached hydrogen (secondary N) is 1. The molecule has 1 aromatic carbocycles. The number of ether oxygens (including phenoxy) is 1. The van der Waals surface area contributed by atoms with Crippen LogP contribution in [-0.4, -0.2) is 38.8 Å². The van der Waals surface area contributed by atoms with Gasteiger partial charge in [0.25, 0.3) is 0 Å². The smallest absolute Gasteiger partial charge is 0.232 e. The zero-order chi connectivity index (χ0) is 27.4. The second-order valence-electron chi connectivity index (χ2n) is 11.5. The third kappa shape index (κ3) is 4.96. The molecule has 202 valence electrons. The van der Waals surface area contributed by atoms with Crippen molar-refractivity contribution in [3.8, 4) is 5.75 Å². The van der Waals surface area contributed by atoms with Crippen molar-refractivity contribution in [3.05, 3.63) is 59.4 Å². The summed E-state index contributed by atoms with van der Waals surface area (Å²) in [4.78, 5) is 36.8. The summed E-state index contributed by atoms with van der Waals surface area (Å²) < 4.78 is 34.3. The number of amides is 2. The van der Waals surface area contributed by atoms with Gasteiger partial charge in [-0.05, 0) is 69.4 Å². The summed E-state index contributed by atoms with van der Waals surface area (Å²) in [5.41, 5.74) is 6.20. The van der Waals surface area contributed by atoms with Crippen LogP contribution < -0.4 is 15.8 Å². The molecule has 5 rings (SSSR count). The van der Waals surface area contributed by atoms with E-state index in [0.29, 0.717) is 36.1 Å². The topological polar surface area (TPSA) is 110 Å². The maximum absolute atomic E-state index is 14.2. The summed E-state index contributed by atoms with van der Waals surface area (Å²) in [7, 11) is 0. The first-order valence-electron chi connectivity index (χ1n) is 13.0. The van der Waals surface area contributed by atoms with Crippen LogP contribution in [0.4, 0.5) is 8.78 Å². The van der Waals surface area contributed by atoms with E-state index in [2.05, 4.69) is 15.3 Å². The normalized spacial score (nSPS) is 28.6. The summed E-state index contributed by atoms with van der Waals surface area (Å²) in [5, 5.41) is 3.07. The Kier molecular flexibility index (Phi) is 6.39. The number of fused-ring (bicyclic) bond motifs is 1. The summed E-state index contributed by atoms with van der Waals surface area (Å²) in [5.74, 6) is -1.58. The minimum atomic E-state index is -0.692.